The molecule has 1 fully saturated rings. The minimum atomic E-state index is -0.315. The summed E-state index contributed by atoms with van der Waals surface area (Å²) in [7, 11) is 1.59. The number of ether oxygens (including phenoxy) is 1. The van der Waals surface area contributed by atoms with Crippen LogP contribution in [0.3, 0.4) is 0 Å². The van der Waals surface area contributed by atoms with Crippen LogP contribution in [0.2, 0.25) is 0 Å². The molecule has 0 aromatic heterocycles. The summed E-state index contributed by atoms with van der Waals surface area (Å²) in [4.78, 5) is 14.3. The highest BCUT2D eigenvalue weighted by Gasteiger charge is 2.24. The number of carbonyl (C=O) groups excluding carboxylic acids is 1. The fourth-order valence-electron chi connectivity index (χ4n) is 2.77. The number of aliphatic hydroxyl groups is 1. The molecule has 2 atom stereocenters. The Balaban J connectivity index is 1.89. The van der Waals surface area contributed by atoms with Crippen molar-refractivity contribution in [3.05, 3.63) is 24.3 Å². The van der Waals surface area contributed by atoms with Crippen molar-refractivity contribution in [2.75, 3.05) is 32.1 Å². The van der Waals surface area contributed by atoms with Gasteiger partial charge in [-0.2, -0.15) is 0 Å². The second-order valence-corrected chi connectivity index (χ2v) is 5.63. The number of aliphatic hydroxyl groups excluding tert-OH is 1. The second kappa shape index (κ2) is 7.43. The second-order valence-electron chi connectivity index (χ2n) is 5.63. The molecule has 1 aromatic rings. The van der Waals surface area contributed by atoms with Crippen molar-refractivity contribution >= 4 is 11.6 Å². The zero-order valence-corrected chi connectivity index (χ0v) is 12.7. The highest BCUT2D eigenvalue weighted by Crippen LogP contribution is 2.23. The molecule has 2 N–H and O–H groups in total. The van der Waals surface area contributed by atoms with Gasteiger partial charge in [0.15, 0.2) is 0 Å². The lowest BCUT2D eigenvalue weighted by atomic mass is 9.93. The van der Waals surface area contributed by atoms with E-state index in [2.05, 4.69) is 10.2 Å². The molecular weight excluding hydrogens is 268 g/mol. The van der Waals surface area contributed by atoms with E-state index in [1.54, 1.807) is 7.11 Å². The topological polar surface area (TPSA) is 61.8 Å². The molecule has 5 heteroatoms. The average Bonchev–Trinajstić information content (AvgIpc) is 2.48. The van der Waals surface area contributed by atoms with Crippen LogP contribution in [0, 0.1) is 5.92 Å². The number of anilines is 1. The summed E-state index contributed by atoms with van der Waals surface area (Å²) in [5, 5.41) is 12.6. The van der Waals surface area contributed by atoms with Gasteiger partial charge in [-0.3, -0.25) is 9.69 Å². The molecule has 2 rings (SSSR count). The fraction of sp³-hybridized carbons (Fsp3) is 0.562. The Kier molecular flexibility index (Phi) is 5.59. The molecule has 0 bridgehead atoms. The SMILES string of the molecule is COc1ccccc1NC(=O)CN1CCCC(C(C)O)C1. The van der Waals surface area contributed by atoms with Crippen LogP contribution in [0.15, 0.2) is 24.3 Å². The normalized spacial score (nSPS) is 20.8. The number of hydrogen-bond acceptors (Lipinski definition) is 4. The van der Waals surface area contributed by atoms with E-state index in [4.69, 9.17) is 4.74 Å². The Hall–Kier alpha value is -1.59. The monoisotopic (exact) mass is 292 g/mol. The standard InChI is InChI=1S/C16H24N2O3/c1-12(19)13-6-5-9-18(10-13)11-16(20)17-14-7-3-4-8-15(14)21-2/h3-4,7-8,12-13,19H,5-6,9-11H2,1-2H3,(H,17,20). The van der Waals surface area contributed by atoms with Gasteiger partial charge in [0, 0.05) is 6.54 Å². The van der Waals surface area contributed by atoms with Crippen molar-refractivity contribution in [3.63, 3.8) is 0 Å². The van der Waals surface area contributed by atoms with Crippen LogP contribution in [0.5, 0.6) is 5.75 Å². The number of hydrogen-bond donors (Lipinski definition) is 2. The van der Waals surface area contributed by atoms with Crippen molar-refractivity contribution in [1.29, 1.82) is 0 Å². The van der Waals surface area contributed by atoms with Crippen LogP contribution in [0.25, 0.3) is 0 Å². The van der Waals surface area contributed by atoms with E-state index in [0.717, 1.165) is 25.9 Å². The molecule has 0 saturated carbocycles. The first kappa shape index (κ1) is 15.8. The molecule has 21 heavy (non-hydrogen) atoms. The highest BCUT2D eigenvalue weighted by atomic mass is 16.5. The number of nitrogens with one attached hydrogen (secondary N) is 1. The molecule has 1 aromatic carbocycles. The van der Waals surface area contributed by atoms with E-state index in [0.29, 0.717) is 18.0 Å². The molecule has 0 aliphatic carbocycles. The van der Waals surface area contributed by atoms with Crippen LogP contribution >= 0.6 is 0 Å². The number of rotatable bonds is 5. The Morgan fingerprint density at radius 3 is 3.00 bits per heavy atom. The first-order valence-corrected chi connectivity index (χ1v) is 7.43. The van der Waals surface area contributed by atoms with Gasteiger partial charge in [0.2, 0.25) is 5.91 Å². The summed E-state index contributed by atoms with van der Waals surface area (Å²) in [6.07, 6.45) is 1.74. The lowest BCUT2D eigenvalue weighted by Gasteiger charge is -2.33. The lowest BCUT2D eigenvalue weighted by molar-refractivity contribution is -0.118. The number of nitrogens with zero attached hydrogens (tertiary/aromatic N) is 1. The number of benzene rings is 1. The molecule has 1 aliphatic heterocycles. The highest BCUT2D eigenvalue weighted by molar-refractivity contribution is 5.93. The smallest absolute Gasteiger partial charge is 0.238 e. The van der Waals surface area contributed by atoms with Gasteiger partial charge in [-0.1, -0.05) is 12.1 Å². The summed E-state index contributed by atoms with van der Waals surface area (Å²) in [6, 6.07) is 7.38. The number of piperidine rings is 1. The molecule has 1 heterocycles. The van der Waals surface area contributed by atoms with E-state index < -0.39 is 0 Å². The third-order valence-electron chi connectivity index (χ3n) is 3.97. The first-order valence-electron chi connectivity index (χ1n) is 7.43. The van der Waals surface area contributed by atoms with E-state index in [9.17, 15) is 9.90 Å². The lowest BCUT2D eigenvalue weighted by Crippen LogP contribution is -2.43. The van der Waals surface area contributed by atoms with Gasteiger partial charge in [0.05, 0.1) is 25.4 Å². The van der Waals surface area contributed by atoms with E-state index >= 15 is 0 Å². The molecule has 1 amide bonds. The summed E-state index contributed by atoms with van der Waals surface area (Å²) >= 11 is 0. The number of para-hydroxylation sites is 2. The van der Waals surface area contributed by atoms with Gasteiger partial charge in [-0.15, -0.1) is 0 Å². The van der Waals surface area contributed by atoms with Gasteiger partial charge < -0.3 is 15.2 Å². The van der Waals surface area contributed by atoms with Crippen molar-refractivity contribution in [2.45, 2.75) is 25.9 Å². The fourth-order valence-corrected chi connectivity index (χ4v) is 2.77. The third kappa shape index (κ3) is 4.44. The Morgan fingerprint density at radius 2 is 2.29 bits per heavy atom. The average molecular weight is 292 g/mol. The Labute approximate surface area is 125 Å². The molecule has 0 spiro atoms. The van der Waals surface area contributed by atoms with E-state index in [1.807, 2.05) is 31.2 Å². The maximum Gasteiger partial charge on any atom is 0.238 e. The third-order valence-corrected chi connectivity index (χ3v) is 3.97. The predicted octanol–water partition coefficient (Wildman–Crippen LogP) is 1.73. The van der Waals surface area contributed by atoms with Gasteiger partial charge in [-0.05, 0) is 44.4 Å². The molecule has 116 valence electrons. The summed E-state index contributed by atoms with van der Waals surface area (Å²) in [6.45, 7) is 3.85. The predicted molar refractivity (Wildman–Crippen MR) is 82.5 cm³/mol. The Bertz CT molecular complexity index is 476. The summed E-state index contributed by atoms with van der Waals surface area (Å²) in [5.41, 5.74) is 0.689. The number of carbonyl (C=O) groups is 1. The van der Waals surface area contributed by atoms with Gasteiger partial charge >= 0.3 is 0 Å². The number of methoxy groups -OCH3 is 1. The number of amides is 1. The summed E-state index contributed by atoms with van der Waals surface area (Å²) < 4.78 is 5.22. The quantitative estimate of drug-likeness (QED) is 0.867. The minimum Gasteiger partial charge on any atom is -0.495 e. The molecule has 5 nitrogen and oxygen atoms in total. The summed E-state index contributed by atoms with van der Waals surface area (Å²) in [5.74, 6) is 0.870. The van der Waals surface area contributed by atoms with Gasteiger partial charge in [0.25, 0.3) is 0 Å². The maximum absolute atomic E-state index is 12.2. The van der Waals surface area contributed by atoms with Crippen molar-refractivity contribution < 1.29 is 14.6 Å². The zero-order chi connectivity index (χ0) is 15.2. The van der Waals surface area contributed by atoms with Crippen LogP contribution in [-0.2, 0) is 4.79 Å². The number of likely N-dealkylation sites (tertiary alicyclic amines) is 1. The molecule has 1 saturated heterocycles. The zero-order valence-electron chi connectivity index (χ0n) is 12.7. The van der Waals surface area contributed by atoms with Crippen molar-refractivity contribution in [3.8, 4) is 5.75 Å². The van der Waals surface area contributed by atoms with Gasteiger partial charge in [0.1, 0.15) is 5.75 Å². The molecule has 2 unspecified atom stereocenters. The van der Waals surface area contributed by atoms with Crippen LogP contribution < -0.4 is 10.1 Å². The van der Waals surface area contributed by atoms with Crippen LogP contribution in [0.4, 0.5) is 5.69 Å². The minimum absolute atomic E-state index is 0.0502. The van der Waals surface area contributed by atoms with Crippen LogP contribution in [-0.4, -0.2) is 48.8 Å². The Morgan fingerprint density at radius 1 is 1.52 bits per heavy atom. The van der Waals surface area contributed by atoms with Crippen molar-refractivity contribution in [1.82, 2.24) is 4.90 Å². The van der Waals surface area contributed by atoms with Gasteiger partial charge in [-0.25, -0.2) is 0 Å². The van der Waals surface area contributed by atoms with Crippen LogP contribution in [0.1, 0.15) is 19.8 Å². The largest absolute Gasteiger partial charge is 0.495 e. The van der Waals surface area contributed by atoms with Crippen molar-refractivity contribution in [2.24, 2.45) is 5.92 Å². The maximum atomic E-state index is 12.2. The van der Waals surface area contributed by atoms with E-state index in [-0.39, 0.29) is 17.9 Å². The van der Waals surface area contributed by atoms with E-state index in [1.165, 1.54) is 0 Å². The molecular formula is C16H24N2O3. The molecule has 1 aliphatic rings. The first-order chi connectivity index (χ1) is 10.1. The molecule has 0 radical (unpaired) electrons.